The van der Waals surface area contributed by atoms with Crippen LogP contribution in [0.5, 0.6) is 0 Å². The van der Waals surface area contributed by atoms with Crippen LogP contribution < -0.4 is 0 Å². The number of hydrogen-bond acceptors (Lipinski definition) is 0. The van der Waals surface area contributed by atoms with E-state index in [2.05, 4.69) is 34.6 Å². The highest BCUT2D eigenvalue weighted by Gasteiger charge is 2.43. The molecule has 0 fully saturated rings. The Hall–Kier alpha value is -0.260. The molecule has 2 atom stereocenters. The predicted molar refractivity (Wildman–Crippen MR) is 71.5 cm³/mol. The molecule has 0 saturated carbocycles. The quantitative estimate of drug-likeness (QED) is 0.523. The summed E-state index contributed by atoms with van der Waals surface area (Å²) in [6.07, 6.45) is 8.34. The minimum Gasteiger partial charge on any atom is -0.0702 e. The summed E-state index contributed by atoms with van der Waals surface area (Å²) >= 11 is 0. The van der Waals surface area contributed by atoms with Gasteiger partial charge in [0, 0.05) is 0 Å². The van der Waals surface area contributed by atoms with Crippen LogP contribution in [-0.4, -0.2) is 0 Å². The van der Waals surface area contributed by atoms with Crippen LogP contribution in [0.25, 0.3) is 0 Å². The first-order valence-corrected chi connectivity index (χ1v) is 7.13. The molecule has 0 amide bonds. The summed E-state index contributed by atoms with van der Waals surface area (Å²) in [7, 11) is 0. The minimum atomic E-state index is 0.476. The SMILES string of the molecule is CC[C@@]1(C)CCC2=C([C@H]1C)C(C)(C)CCC2. The zero-order valence-electron chi connectivity index (χ0n) is 11.8. The summed E-state index contributed by atoms with van der Waals surface area (Å²) in [5, 5.41) is 0. The van der Waals surface area contributed by atoms with Crippen LogP contribution in [0.4, 0.5) is 0 Å². The van der Waals surface area contributed by atoms with E-state index in [4.69, 9.17) is 0 Å². The Kier molecular flexibility index (Phi) is 2.97. The first kappa shape index (κ1) is 12.2. The zero-order valence-corrected chi connectivity index (χ0v) is 11.8. The van der Waals surface area contributed by atoms with E-state index in [9.17, 15) is 0 Å². The fourth-order valence-electron chi connectivity index (χ4n) is 4.13. The van der Waals surface area contributed by atoms with E-state index < -0.39 is 0 Å². The predicted octanol–water partition coefficient (Wildman–Crippen LogP) is 5.34. The highest BCUT2D eigenvalue weighted by molar-refractivity contribution is 5.30. The van der Waals surface area contributed by atoms with Crippen LogP contribution in [-0.2, 0) is 0 Å². The minimum absolute atomic E-state index is 0.476. The molecule has 0 N–H and O–H groups in total. The molecule has 0 aromatic heterocycles. The van der Waals surface area contributed by atoms with Crippen molar-refractivity contribution in [1.82, 2.24) is 0 Å². The molecule has 0 aliphatic heterocycles. The van der Waals surface area contributed by atoms with E-state index in [1.165, 1.54) is 38.5 Å². The van der Waals surface area contributed by atoms with Crippen molar-refractivity contribution in [2.75, 3.05) is 0 Å². The van der Waals surface area contributed by atoms with Gasteiger partial charge in [-0.2, -0.15) is 0 Å². The topological polar surface area (TPSA) is 0 Å². The lowest BCUT2D eigenvalue weighted by molar-refractivity contribution is 0.147. The largest absolute Gasteiger partial charge is 0.0702 e. The van der Waals surface area contributed by atoms with Gasteiger partial charge in [0.05, 0.1) is 0 Å². The second-order valence-corrected chi connectivity index (χ2v) is 6.98. The van der Waals surface area contributed by atoms with E-state index in [1.807, 2.05) is 11.1 Å². The van der Waals surface area contributed by atoms with Crippen molar-refractivity contribution >= 4 is 0 Å². The summed E-state index contributed by atoms with van der Waals surface area (Å²) in [4.78, 5) is 0. The zero-order chi connectivity index (χ0) is 12.0. The normalized spacial score (nSPS) is 38.4. The summed E-state index contributed by atoms with van der Waals surface area (Å²) in [5.41, 5.74) is 4.71. The summed E-state index contributed by atoms with van der Waals surface area (Å²) in [5.74, 6) is 0.802. The Morgan fingerprint density at radius 3 is 2.44 bits per heavy atom. The molecule has 16 heavy (non-hydrogen) atoms. The van der Waals surface area contributed by atoms with Gasteiger partial charge in [-0.25, -0.2) is 0 Å². The first-order chi connectivity index (χ1) is 7.41. The van der Waals surface area contributed by atoms with Crippen molar-refractivity contribution < 1.29 is 0 Å². The van der Waals surface area contributed by atoms with Gasteiger partial charge >= 0.3 is 0 Å². The van der Waals surface area contributed by atoms with Gasteiger partial charge < -0.3 is 0 Å². The number of rotatable bonds is 1. The maximum atomic E-state index is 2.51. The van der Waals surface area contributed by atoms with E-state index in [-0.39, 0.29) is 0 Å². The van der Waals surface area contributed by atoms with Crippen LogP contribution in [0, 0.1) is 16.7 Å². The third-order valence-electron chi connectivity index (χ3n) is 5.67. The van der Waals surface area contributed by atoms with E-state index in [0.717, 1.165) is 5.92 Å². The van der Waals surface area contributed by atoms with Crippen molar-refractivity contribution in [3.8, 4) is 0 Å². The van der Waals surface area contributed by atoms with Gasteiger partial charge in [0.15, 0.2) is 0 Å². The number of allylic oxidation sites excluding steroid dienone is 2. The Bertz CT molecular complexity index is 308. The van der Waals surface area contributed by atoms with E-state index in [1.54, 1.807) is 0 Å². The van der Waals surface area contributed by atoms with Gasteiger partial charge in [-0.3, -0.25) is 0 Å². The Morgan fingerprint density at radius 2 is 1.81 bits per heavy atom. The fraction of sp³-hybridized carbons (Fsp3) is 0.875. The molecular weight excluding hydrogens is 192 g/mol. The summed E-state index contributed by atoms with van der Waals surface area (Å²) < 4.78 is 0. The molecule has 0 spiro atoms. The van der Waals surface area contributed by atoms with Gasteiger partial charge in [0.1, 0.15) is 0 Å². The van der Waals surface area contributed by atoms with E-state index in [0.29, 0.717) is 10.8 Å². The molecule has 0 heteroatoms. The molecule has 0 saturated heterocycles. The van der Waals surface area contributed by atoms with Gasteiger partial charge in [-0.15, -0.1) is 0 Å². The molecular formula is C16H28. The molecule has 2 aliphatic rings. The monoisotopic (exact) mass is 220 g/mol. The molecule has 0 aromatic rings. The maximum absolute atomic E-state index is 2.51. The lowest BCUT2D eigenvalue weighted by Crippen LogP contribution is -2.37. The molecule has 92 valence electrons. The Labute approximate surface area is 102 Å². The molecule has 0 aromatic carbocycles. The highest BCUT2D eigenvalue weighted by Crippen LogP contribution is 2.55. The van der Waals surface area contributed by atoms with Crippen LogP contribution in [0.15, 0.2) is 11.1 Å². The molecule has 2 rings (SSSR count). The second-order valence-electron chi connectivity index (χ2n) is 6.98. The average Bonchev–Trinajstić information content (AvgIpc) is 2.23. The van der Waals surface area contributed by atoms with Crippen LogP contribution in [0.2, 0.25) is 0 Å². The first-order valence-electron chi connectivity index (χ1n) is 7.13. The Balaban J connectivity index is 2.40. The molecule has 0 radical (unpaired) electrons. The lowest BCUT2D eigenvalue weighted by atomic mass is 9.56. The van der Waals surface area contributed by atoms with Crippen molar-refractivity contribution in [1.29, 1.82) is 0 Å². The Morgan fingerprint density at radius 1 is 1.12 bits per heavy atom. The van der Waals surface area contributed by atoms with Crippen molar-refractivity contribution in [2.24, 2.45) is 16.7 Å². The van der Waals surface area contributed by atoms with Crippen LogP contribution in [0.1, 0.15) is 73.1 Å². The molecule has 0 nitrogen and oxygen atoms in total. The van der Waals surface area contributed by atoms with Crippen LogP contribution in [0.3, 0.4) is 0 Å². The molecule has 0 heterocycles. The lowest BCUT2D eigenvalue weighted by Gasteiger charge is -2.49. The van der Waals surface area contributed by atoms with Crippen molar-refractivity contribution in [3.05, 3.63) is 11.1 Å². The maximum Gasteiger partial charge on any atom is -0.0139 e. The molecule has 0 unspecified atom stereocenters. The van der Waals surface area contributed by atoms with E-state index >= 15 is 0 Å². The third kappa shape index (κ3) is 1.75. The van der Waals surface area contributed by atoms with Crippen LogP contribution >= 0.6 is 0 Å². The van der Waals surface area contributed by atoms with Gasteiger partial charge in [0.25, 0.3) is 0 Å². The van der Waals surface area contributed by atoms with Crippen molar-refractivity contribution in [2.45, 2.75) is 73.1 Å². The summed E-state index contributed by atoms with van der Waals surface area (Å²) in [6.45, 7) is 12.3. The number of hydrogen-bond donors (Lipinski definition) is 0. The second kappa shape index (κ2) is 3.89. The van der Waals surface area contributed by atoms with Gasteiger partial charge in [0.2, 0.25) is 0 Å². The highest BCUT2D eigenvalue weighted by atomic mass is 14.5. The summed E-state index contributed by atoms with van der Waals surface area (Å²) in [6, 6.07) is 0. The average molecular weight is 220 g/mol. The smallest absolute Gasteiger partial charge is 0.0139 e. The fourth-order valence-corrected chi connectivity index (χ4v) is 4.13. The van der Waals surface area contributed by atoms with Gasteiger partial charge in [-0.1, -0.05) is 52.2 Å². The standard InChI is InChI=1S/C16H28/c1-6-16(5)11-9-13-8-7-10-15(3,4)14(13)12(16)2/h12H,6-11H2,1-5H3/t12-,16+/m1/s1. The molecule has 2 aliphatic carbocycles. The van der Waals surface area contributed by atoms with Crippen molar-refractivity contribution in [3.63, 3.8) is 0 Å². The molecule has 0 bridgehead atoms. The third-order valence-corrected chi connectivity index (χ3v) is 5.67. The van der Waals surface area contributed by atoms with Gasteiger partial charge in [-0.05, 0) is 48.9 Å².